The topological polar surface area (TPSA) is 64.3 Å². The van der Waals surface area contributed by atoms with E-state index in [0.717, 1.165) is 10.0 Å². The molecule has 0 spiro atoms. The van der Waals surface area contributed by atoms with E-state index in [9.17, 15) is 4.79 Å². The van der Waals surface area contributed by atoms with Gasteiger partial charge in [0, 0.05) is 17.4 Å². The highest BCUT2D eigenvalue weighted by Gasteiger charge is 2.10. The first-order valence-electron chi connectivity index (χ1n) is 4.92. The van der Waals surface area contributed by atoms with Crippen LogP contribution >= 0.6 is 15.9 Å². The molecule has 0 bridgehead atoms. The Labute approximate surface area is 103 Å². The highest BCUT2D eigenvalue weighted by Crippen LogP contribution is 2.32. The number of hydrogen-bond acceptors (Lipinski definition) is 3. The SMILES string of the molecule is COc1cc(Br)cc(C)c1NC(=O)CCN. The van der Waals surface area contributed by atoms with Gasteiger partial charge in [-0.15, -0.1) is 0 Å². The Morgan fingerprint density at radius 1 is 1.56 bits per heavy atom. The second-order valence-electron chi connectivity index (χ2n) is 3.39. The van der Waals surface area contributed by atoms with Crippen LogP contribution in [-0.4, -0.2) is 19.6 Å². The van der Waals surface area contributed by atoms with Gasteiger partial charge in [-0.05, 0) is 24.6 Å². The molecule has 3 N–H and O–H groups in total. The zero-order valence-corrected chi connectivity index (χ0v) is 10.9. The third-order valence-corrected chi connectivity index (χ3v) is 2.58. The highest BCUT2D eigenvalue weighted by atomic mass is 79.9. The van der Waals surface area contributed by atoms with E-state index in [2.05, 4.69) is 21.2 Å². The normalized spacial score (nSPS) is 10.0. The molecule has 0 aromatic heterocycles. The van der Waals surface area contributed by atoms with Gasteiger partial charge < -0.3 is 15.8 Å². The fourth-order valence-electron chi connectivity index (χ4n) is 1.37. The minimum absolute atomic E-state index is 0.105. The molecule has 4 nitrogen and oxygen atoms in total. The highest BCUT2D eigenvalue weighted by molar-refractivity contribution is 9.10. The molecule has 0 heterocycles. The van der Waals surface area contributed by atoms with Crippen LogP contribution in [0.25, 0.3) is 0 Å². The van der Waals surface area contributed by atoms with Crippen molar-refractivity contribution in [2.45, 2.75) is 13.3 Å². The number of ether oxygens (including phenoxy) is 1. The largest absolute Gasteiger partial charge is 0.495 e. The van der Waals surface area contributed by atoms with Gasteiger partial charge in [-0.1, -0.05) is 15.9 Å². The molecule has 0 aliphatic heterocycles. The maximum absolute atomic E-state index is 11.5. The van der Waals surface area contributed by atoms with Crippen LogP contribution in [0.1, 0.15) is 12.0 Å². The van der Waals surface area contributed by atoms with Crippen LogP contribution in [0.4, 0.5) is 5.69 Å². The van der Waals surface area contributed by atoms with Gasteiger partial charge in [-0.2, -0.15) is 0 Å². The molecule has 0 atom stereocenters. The van der Waals surface area contributed by atoms with Crippen molar-refractivity contribution in [2.24, 2.45) is 5.73 Å². The standard InChI is InChI=1S/C11H15BrN2O2/c1-7-5-8(12)6-9(16-2)11(7)14-10(15)3-4-13/h5-6H,3-4,13H2,1-2H3,(H,14,15). The molecule has 16 heavy (non-hydrogen) atoms. The van der Waals surface area contributed by atoms with Crippen LogP contribution in [0, 0.1) is 6.92 Å². The van der Waals surface area contributed by atoms with Gasteiger partial charge in [-0.3, -0.25) is 4.79 Å². The minimum atomic E-state index is -0.105. The first-order chi connectivity index (χ1) is 7.58. The van der Waals surface area contributed by atoms with E-state index in [1.807, 2.05) is 19.1 Å². The summed E-state index contributed by atoms with van der Waals surface area (Å²) >= 11 is 3.37. The number of hydrogen-bond donors (Lipinski definition) is 2. The van der Waals surface area contributed by atoms with Gasteiger partial charge in [0.05, 0.1) is 12.8 Å². The van der Waals surface area contributed by atoms with Gasteiger partial charge in [0.25, 0.3) is 0 Å². The lowest BCUT2D eigenvalue weighted by molar-refractivity contribution is -0.116. The second-order valence-corrected chi connectivity index (χ2v) is 4.30. The Bertz CT molecular complexity index is 394. The van der Waals surface area contributed by atoms with Gasteiger partial charge in [0.2, 0.25) is 5.91 Å². The fraction of sp³-hybridized carbons (Fsp3) is 0.364. The number of nitrogens with one attached hydrogen (secondary N) is 1. The molecular weight excluding hydrogens is 272 g/mol. The lowest BCUT2D eigenvalue weighted by Crippen LogP contribution is -2.17. The van der Waals surface area contributed by atoms with E-state index < -0.39 is 0 Å². The van der Waals surface area contributed by atoms with Crippen molar-refractivity contribution in [3.05, 3.63) is 22.2 Å². The summed E-state index contributed by atoms with van der Waals surface area (Å²) < 4.78 is 6.13. The summed E-state index contributed by atoms with van der Waals surface area (Å²) in [4.78, 5) is 11.5. The summed E-state index contributed by atoms with van der Waals surface area (Å²) in [5, 5.41) is 2.79. The molecule has 0 fully saturated rings. The van der Waals surface area contributed by atoms with Crippen molar-refractivity contribution in [1.82, 2.24) is 0 Å². The zero-order valence-electron chi connectivity index (χ0n) is 9.34. The van der Waals surface area contributed by atoms with Gasteiger partial charge in [0.1, 0.15) is 5.75 Å². The quantitative estimate of drug-likeness (QED) is 0.890. The molecule has 0 saturated heterocycles. The molecule has 0 unspecified atom stereocenters. The maximum atomic E-state index is 11.5. The summed E-state index contributed by atoms with van der Waals surface area (Å²) in [6, 6.07) is 3.73. The van der Waals surface area contributed by atoms with Gasteiger partial charge >= 0.3 is 0 Å². The van der Waals surface area contributed by atoms with Gasteiger partial charge in [0.15, 0.2) is 0 Å². The van der Waals surface area contributed by atoms with E-state index in [1.54, 1.807) is 7.11 Å². The lowest BCUT2D eigenvalue weighted by atomic mass is 10.2. The van der Waals surface area contributed by atoms with Crippen LogP contribution in [0.15, 0.2) is 16.6 Å². The molecular formula is C11H15BrN2O2. The number of rotatable bonds is 4. The number of nitrogens with two attached hydrogens (primary N) is 1. The van der Waals surface area contributed by atoms with Crippen LogP contribution in [-0.2, 0) is 4.79 Å². The summed E-state index contributed by atoms with van der Waals surface area (Å²) in [6.07, 6.45) is 0.304. The predicted octanol–water partition coefficient (Wildman–Crippen LogP) is 2.05. The Kier molecular flexibility index (Phi) is 4.76. The van der Waals surface area contributed by atoms with Crippen LogP contribution in [0.5, 0.6) is 5.75 Å². The molecule has 1 rings (SSSR count). The van der Waals surface area contributed by atoms with E-state index in [1.165, 1.54) is 0 Å². The smallest absolute Gasteiger partial charge is 0.225 e. The summed E-state index contributed by atoms with van der Waals surface area (Å²) in [5.41, 5.74) is 6.96. The number of anilines is 1. The van der Waals surface area contributed by atoms with E-state index in [0.29, 0.717) is 24.4 Å². The number of aryl methyl sites for hydroxylation is 1. The molecule has 88 valence electrons. The van der Waals surface area contributed by atoms with Crippen LogP contribution in [0.3, 0.4) is 0 Å². The first-order valence-corrected chi connectivity index (χ1v) is 5.71. The van der Waals surface area contributed by atoms with Gasteiger partial charge in [-0.25, -0.2) is 0 Å². The molecule has 0 aliphatic rings. The molecule has 1 aromatic carbocycles. The van der Waals surface area contributed by atoms with Crippen molar-refractivity contribution in [2.75, 3.05) is 19.0 Å². The van der Waals surface area contributed by atoms with Crippen molar-refractivity contribution in [1.29, 1.82) is 0 Å². The Hall–Kier alpha value is -1.07. The Morgan fingerprint density at radius 3 is 2.81 bits per heavy atom. The third-order valence-electron chi connectivity index (χ3n) is 2.12. The monoisotopic (exact) mass is 286 g/mol. The van der Waals surface area contributed by atoms with Crippen LogP contribution in [0.2, 0.25) is 0 Å². The Morgan fingerprint density at radius 2 is 2.25 bits per heavy atom. The predicted molar refractivity (Wildman–Crippen MR) is 67.7 cm³/mol. The van der Waals surface area contributed by atoms with Crippen molar-refractivity contribution < 1.29 is 9.53 Å². The third kappa shape index (κ3) is 3.21. The van der Waals surface area contributed by atoms with E-state index >= 15 is 0 Å². The summed E-state index contributed by atoms with van der Waals surface area (Å²) in [6.45, 7) is 2.25. The average Bonchev–Trinajstić information content (AvgIpc) is 2.22. The van der Waals surface area contributed by atoms with E-state index in [4.69, 9.17) is 10.5 Å². The lowest BCUT2D eigenvalue weighted by Gasteiger charge is -2.13. The number of halogens is 1. The maximum Gasteiger partial charge on any atom is 0.225 e. The molecule has 1 amide bonds. The number of amides is 1. The molecule has 0 radical (unpaired) electrons. The first kappa shape index (κ1) is 13.0. The fourth-order valence-corrected chi connectivity index (χ4v) is 1.92. The van der Waals surface area contributed by atoms with Crippen molar-refractivity contribution in [3.63, 3.8) is 0 Å². The molecule has 5 heteroatoms. The second kappa shape index (κ2) is 5.86. The average molecular weight is 287 g/mol. The molecule has 1 aromatic rings. The van der Waals surface area contributed by atoms with Crippen molar-refractivity contribution >= 4 is 27.5 Å². The molecule has 0 aliphatic carbocycles. The van der Waals surface area contributed by atoms with Crippen molar-refractivity contribution in [3.8, 4) is 5.75 Å². The zero-order chi connectivity index (χ0) is 12.1. The number of methoxy groups -OCH3 is 1. The minimum Gasteiger partial charge on any atom is -0.495 e. The Balaban J connectivity index is 2.98. The number of benzene rings is 1. The number of carbonyl (C=O) groups excluding carboxylic acids is 1. The number of carbonyl (C=O) groups is 1. The molecule has 0 saturated carbocycles. The van der Waals surface area contributed by atoms with E-state index in [-0.39, 0.29) is 5.91 Å². The summed E-state index contributed by atoms with van der Waals surface area (Å²) in [7, 11) is 1.57. The summed E-state index contributed by atoms with van der Waals surface area (Å²) in [5.74, 6) is 0.531. The van der Waals surface area contributed by atoms with Crippen LogP contribution < -0.4 is 15.8 Å².